The second-order valence-electron chi connectivity index (χ2n) is 5.21. The molecule has 1 aromatic heterocycles. The first-order valence-corrected chi connectivity index (χ1v) is 9.10. The van der Waals surface area contributed by atoms with Crippen LogP contribution in [0.5, 0.6) is 0 Å². The van der Waals surface area contributed by atoms with E-state index in [1.165, 1.54) is 37.1 Å². The molecule has 2 N–H and O–H groups in total. The monoisotopic (exact) mass is 375 g/mol. The van der Waals surface area contributed by atoms with Gasteiger partial charge in [0.25, 0.3) is 5.56 Å². The summed E-state index contributed by atoms with van der Waals surface area (Å²) in [6.45, 7) is 2.11. The average molecular weight is 375 g/mol. The maximum Gasteiger partial charge on any atom is 0.330 e. The largest absolute Gasteiger partial charge is 0.374 e. The third kappa shape index (κ3) is 4.44. The van der Waals surface area contributed by atoms with E-state index in [9.17, 15) is 18.0 Å². The van der Waals surface area contributed by atoms with Gasteiger partial charge in [0.15, 0.2) is 6.23 Å². The minimum atomic E-state index is -3.59. The van der Waals surface area contributed by atoms with Crippen LogP contribution in [0, 0.1) is 0 Å². The fraction of sp³-hybridized carbons (Fsp3) is 0.571. The summed E-state index contributed by atoms with van der Waals surface area (Å²) < 4.78 is 43.4. The summed E-state index contributed by atoms with van der Waals surface area (Å²) in [4.78, 5) is 25.4. The van der Waals surface area contributed by atoms with Crippen LogP contribution in [-0.4, -0.2) is 57.0 Å². The van der Waals surface area contributed by atoms with Crippen LogP contribution < -0.4 is 16.0 Å². The van der Waals surface area contributed by atoms with Crippen LogP contribution in [0.25, 0.3) is 0 Å². The number of sulfonamides is 1. The number of hydrogen-bond donors (Lipinski definition) is 2. The van der Waals surface area contributed by atoms with E-state index in [4.69, 9.17) is 14.2 Å². The fourth-order valence-corrected chi connectivity index (χ4v) is 3.05. The number of hydrogen-bond acceptors (Lipinski definition) is 7. The Morgan fingerprint density at radius 2 is 2.12 bits per heavy atom. The number of H-pyrrole nitrogens is 1. The molecule has 1 aromatic rings. The van der Waals surface area contributed by atoms with E-state index < -0.39 is 45.8 Å². The van der Waals surface area contributed by atoms with Gasteiger partial charge in [-0.15, -0.1) is 0 Å². The molecular weight excluding hydrogens is 354 g/mol. The normalized spacial score (nSPS) is 27.2. The van der Waals surface area contributed by atoms with Gasteiger partial charge in [-0.2, -0.15) is 0 Å². The molecule has 1 aliphatic heterocycles. The van der Waals surface area contributed by atoms with Crippen molar-refractivity contribution in [3.05, 3.63) is 44.6 Å². The summed E-state index contributed by atoms with van der Waals surface area (Å²) >= 11 is 0. The van der Waals surface area contributed by atoms with Gasteiger partial charge in [0.2, 0.25) is 10.0 Å². The van der Waals surface area contributed by atoms with E-state index in [0.29, 0.717) is 6.61 Å². The van der Waals surface area contributed by atoms with E-state index in [1.54, 1.807) is 6.92 Å². The summed E-state index contributed by atoms with van der Waals surface area (Å²) in [6, 6.07) is 1.18. The van der Waals surface area contributed by atoms with Gasteiger partial charge in [0.1, 0.15) is 18.3 Å². The quantitative estimate of drug-likeness (QED) is 0.620. The van der Waals surface area contributed by atoms with Crippen LogP contribution >= 0.6 is 0 Å². The molecule has 140 valence electrons. The molecule has 1 fully saturated rings. The third-order valence-electron chi connectivity index (χ3n) is 3.71. The zero-order valence-electron chi connectivity index (χ0n) is 14.0. The second kappa shape index (κ2) is 8.06. The Bertz CT molecular complexity index is 829. The summed E-state index contributed by atoms with van der Waals surface area (Å²) in [6.07, 6.45) is -0.362. The van der Waals surface area contributed by atoms with Crippen molar-refractivity contribution in [1.29, 1.82) is 0 Å². The maximum absolute atomic E-state index is 12.0. The van der Waals surface area contributed by atoms with E-state index in [1.807, 2.05) is 0 Å². The lowest BCUT2D eigenvalue weighted by Gasteiger charge is -2.22. The highest BCUT2D eigenvalue weighted by atomic mass is 32.2. The van der Waals surface area contributed by atoms with Crippen molar-refractivity contribution in [3.8, 4) is 0 Å². The van der Waals surface area contributed by atoms with Crippen molar-refractivity contribution in [1.82, 2.24) is 14.3 Å². The lowest BCUT2D eigenvalue weighted by Crippen LogP contribution is -2.39. The SMILES string of the molecule is CCO[C@H]1[C@@H](OC)[C@H](n2ccc(=O)[nH]c2=O)O[C@@H]1/C=C/S(=O)(=O)NC. The van der Waals surface area contributed by atoms with Crippen molar-refractivity contribution in [2.45, 2.75) is 31.5 Å². The minimum absolute atomic E-state index is 0.338. The van der Waals surface area contributed by atoms with Crippen LogP contribution in [0.4, 0.5) is 0 Å². The molecule has 25 heavy (non-hydrogen) atoms. The average Bonchev–Trinajstić information content (AvgIpc) is 2.91. The lowest BCUT2D eigenvalue weighted by molar-refractivity contribution is -0.0594. The summed E-state index contributed by atoms with van der Waals surface area (Å²) in [5.41, 5.74) is -1.20. The number of aromatic amines is 1. The molecule has 1 aliphatic rings. The first kappa shape index (κ1) is 19.5. The van der Waals surface area contributed by atoms with Crippen LogP contribution in [0.15, 0.2) is 33.3 Å². The predicted molar refractivity (Wildman–Crippen MR) is 88.6 cm³/mol. The zero-order valence-corrected chi connectivity index (χ0v) is 14.9. The highest BCUT2D eigenvalue weighted by Gasteiger charge is 2.46. The highest BCUT2D eigenvalue weighted by molar-refractivity contribution is 7.92. The number of nitrogens with one attached hydrogen (secondary N) is 2. The van der Waals surface area contributed by atoms with Crippen molar-refractivity contribution in [2.24, 2.45) is 0 Å². The first-order chi connectivity index (χ1) is 11.8. The van der Waals surface area contributed by atoms with Crippen LogP contribution in [-0.2, 0) is 24.2 Å². The smallest absolute Gasteiger partial charge is 0.330 e. The molecule has 1 saturated heterocycles. The van der Waals surface area contributed by atoms with Crippen molar-refractivity contribution in [3.63, 3.8) is 0 Å². The topological polar surface area (TPSA) is 129 Å². The molecule has 0 aromatic carbocycles. The van der Waals surface area contributed by atoms with E-state index in [0.717, 1.165) is 5.41 Å². The molecule has 11 heteroatoms. The van der Waals surface area contributed by atoms with E-state index >= 15 is 0 Å². The van der Waals surface area contributed by atoms with Gasteiger partial charge in [0, 0.05) is 31.4 Å². The number of ether oxygens (including phenoxy) is 3. The van der Waals surface area contributed by atoms with Gasteiger partial charge >= 0.3 is 5.69 Å². The Morgan fingerprint density at radius 3 is 2.68 bits per heavy atom. The molecule has 0 unspecified atom stereocenters. The Kier molecular flexibility index (Phi) is 6.30. The summed E-state index contributed by atoms with van der Waals surface area (Å²) in [5, 5.41) is 0.967. The molecule has 2 heterocycles. The Balaban J connectivity index is 2.39. The minimum Gasteiger partial charge on any atom is -0.374 e. The number of aromatic nitrogens is 2. The first-order valence-electron chi connectivity index (χ1n) is 7.56. The van der Waals surface area contributed by atoms with Gasteiger partial charge in [0.05, 0.1) is 0 Å². The Labute approximate surface area is 144 Å². The molecule has 2 rings (SSSR count). The molecule has 0 spiro atoms. The number of methoxy groups -OCH3 is 1. The second-order valence-corrected chi connectivity index (χ2v) is 6.98. The van der Waals surface area contributed by atoms with Gasteiger partial charge in [-0.25, -0.2) is 17.9 Å². The van der Waals surface area contributed by atoms with Crippen LogP contribution in [0.3, 0.4) is 0 Å². The summed E-state index contributed by atoms with van der Waals surface area (Å²) in [5.74, 6) is 0. The van der Waals surface area contributed by atoms with Crippen molar-refractivity contribution < 1.29 is 22.6 Å². The van der Waals surface area contributed by atoms with E-state index in [-0.39, 0.29) is 0 Å². The zero-order chi connectivity index (χ0) is 18.6. The third-order valence-corrected chi connectivity index (χ3v) is 4.80. The molecule has 10 nitrogen and oxygen atoms in total. The molecular formula is C14H21N3O7S. The molecule has 4 atom stereocenters. The number of rotatable bonds is 7. The van der Waals surface area contributed by atoms with Gasteiger partial charge in [-0.3, -0.25) is 14.3 Å². The van der Waals surface area contributed by atoms with Gasteiger partial charge < -0.3 is 14.2 Å². The molecule has 0 amide bonds. The summed E-state index contributed by atoms with van der Waals surface area (Å²) in [7, 11) is -0.870. The van der Waals surface area contributed by atoms with Gasteiger partial charge in [-0.1, -0.05) is 0 Å². The molecule has 0 bridgehead atoms. The van der Waals surface area contributed by atoms with Crippen molar-refractivity contribution >= 4 is 10.0 Å². The maximum atomic E-state index is 12.0. The fourth-order valence-electron chi connectivity index (χ4n) is 2.55. The molecule has 0 radical (unpaired) electrons. The molecule has 0 saturated carbocycles. The highest BCUT2D eigenvalue weighted by Crippen LogP contribution is 2.33. The standard InChI is InChI=1S/C14H21N3O7S/c1-4-23-11-9(6-8-25(20,21)15-2)24-13(12(11)22-3)17-7-5-10(18)16-14(17)19/h5-9,11-13,15H,4H2,1-3H3,(H,16,18,19)/b8-6+/t9-,11-,12-,13-/m1/s1. The predicted octanol–water partition coefficient (Wildman–Crippen LogP) is -1.08. The van der Waals surface area contributed by atoms with Crippen molar-refractivity contribution in [2.75, 3.05) is 20.8 Å². The van der Waals surface area contributed by atoms with Gasteiger partial charge in [-0.05, 0) is 20.0 Å². The molecule has 0 aliphatic carbocycles. The van der Waals surface area contributed by atoms with E-state index in [2.05, 4.69) is 9.71 Å². The Morgan fingerprint density at radius 1 is 1.40 bits per heavy atom. The van der Waals surface area contributed by atoms with Crippen LogP contribution in [0.2, 0.25) is 0 Å². The number of nitrogens with zero attached hydrogens (tertiary/aromatic N) is 1. The Hall–Kier alpha value is -1.79. The lowest BCUT2D eigenvalue weighted by atomic mass is 10.1. The van der Waals surface area contributed by atoms with Crippen LogP contribution in [0.1, 0.15) is 13.2 Å².